The number of aliphatic imine (C=N–C) groups is 1. The van der Waals surface area contributed by atoms with Crippen LogP contribution in [0, 0.1) is 0 Å². The summed E-state index contributed by atoms with van der Waals surface area (Å²) in [6, 6.07) is 19.7. The molecule has 0 amide bonds. The Morgan fingerprint density at radius 2 is 1.71 bits per heavy atom. The molecule has 138 valence electrons. The van der Waals surface area contributed by atoms with Crippen molar-refractivity contribution in [3.63, 3.8) is 0 Å². The lowest BCUT2D eigenvalue weighted by atomic mass is 10.2. The molecule has 0 unspecified atom stereocenters. The average molecular weight is 369 g/mol. The number of aromatic nitrogens is 1. The number of pyridine rings is 1. The van der Waals surface area contributed by atoms with Crippen LogP contribution in [0.4, 0.5) is 5.69 Å². The minimum Gasteiger partial charge on any atom is -0.403 e. The van der Waals surface area contributed by atoms with Crippen LogP contribution in [0.1, 0.15) is 11.3 Å². The quantitative estimate of drug-likeness (QED) is 0.508. The molecule has 1 aliphatic heterocycles. The largest absolute Gasteiger partial charge is 0.403 e. The Bertz CT molecular complexity index is 1130. The second kappa shape index (κ2) is 7.48. The van der Waals surface area contributed by atoms with Gasteiger partial charge in [-0.2, -0.15) is 0 Å². The van der Waals surface area contributed by atoms with E-state index < -0.39 is 5.97 Å². The van der Waals surface area contributed by atoms with E-state index >= 15 is 0 Å². The molecule has 5 heteroatoms. The molecule has 0 N–H and O–H groups in total. The monoisotopic (exact) mass is 369 g/mol. The average Bonchev–Trinajstić information content (AvgIpc) is 3.06. The van der Waals surface area contributed by atoms with E-state index in [0.717, 1.165) is 22.2 Å². The standard InChI is InChI=1S/C23H19N3O2/c1-26(2)19-12-7-16(8-13-19)9-14-22-25-21(23(27)28-22)15-18-11-10-17-5-3-4-6-20(17)24-18/h3-15H,1-2H3/b14-9+,21-15-. The first kappa shape index (κ1) is 17.7. The Morgan fingerprint density at radius 3 is 2.50 bits per heavy atom. The molecule has 1 aliphatic rings. The number of ether oxygens (including phenoxy) is 1. The van der Waals surface area contributed by atoms with Crippen molar-refractivity contribution in [1.29, 1.82) is 0 Å². The summed E-state index contributed by atoms with van der Waals surface area (Å²) in [5.41, 5.74) is 3.89. The number of esters is 1. The number of para-hydroxylation sites is 1. The van der Waals surface area contributed by atoms with Crippen molar-refractivity contribution in [2.45, 2.75) is 0 Å². The lowest BCUT2D eigenvalue weighted by Gasteiger charge is -2.11. The van der Waals surface area contributed by atoms with Crippen LogP contribution in [-0.4, -0.2) is 30.9 Å². The fraction of sp³-hybridized carbons (Fsp3) is 0.0870. The molecule has 5 nitrogen and oxygen atoms in total. The molecule has 2 aromatic carbocycles. The number of fused-ring (bicyclic) bond motifs is 1. The first-order chi connectivity index (χ1) is 13.6. The lowest BCUT2D eigenvalue weighted by Crippen LogP contribution is -2.07. The van der Waals surface area contributed by atoms with Gasteiger partial charge < -0.3 is 9.64 Å². The van der Waals surface area contributed by atoms with Gasteiger partial charge in [0.25, 0.3) is 0 Å². The van der Waals surface area contributed by atoms with Crippen molar-refractivity contribution >= 4 is 40.6 Å². The number of hydrogen-bond donors (Lipinski definition) is 0. The van der Waals surface area contributed by atoms with Crippen LogP contribution in [0.15, 0.2) is 77.4 Å². The second-order valence-corrected chi connectivity index (χ2v) is 6.62. The summed E-state index contributed by atoms with van der Waals surface area (Å²) in [6.07, 6.45) is 5.20. The summed E-state index contributed by atoms with van der Waals surface area (Å²) >= 11 is 0. The van der Waals surface area contributed by atoms with Crippen molar-refractivity contribution in [2.24, 2.45) is 4.99 Å². The molecule has 1 aromatic heterocycles. The number of hydrogen-bond acceptors (Lipinski definition) is 5. The van der Waals surface area contributed by atoms with Gasteiger partial charge in [0.1, 0.15) is 0 Å². The highest BCUT2D eigenvalue weighted by atomic mass is 16.6. The Balaban J connectivity index is 1.54. The topological polar surface area (TPSA) is 54.8 Å². The van der Waals surface area contributed by atoms with Crippen molar-refractivity contribution in [3.8, 4) is 0 Å². The van der Waals surface area contributed by atoms with E-state index in [1.807, 2.05) is 85.7 Å². The Labute approximate surface area is 163 Å². The number of benzene rings is 2. The van der Waals surface area contributed by atoms with Gasteiger partial charge in [-0.05, 0) is 42.0 Å². The highest BCUT2D eigenvalue weighted by Gasteiger charge is 2.21. The van der Waals surface area contributed by atoms with Crippen LogP contribution in [0.25, 0.3) is 23.1 Å². The van der Waals surface area contributed by atoms with E-state index in [0.29, 0.717) is 5.69 Å². The smallest absolute Gasteiger partial charge is 0.363 e. The molecule has 0 saturated heterocycles. The molecule has 0 bridgehead atoms. The molecule has 0 aliphatic carbocycles. The maximum Gasteiger partial charge on any atom is 0.363 e. The van der Waals surface area contributed by atoms with E-state index in [-0.39, 0.29) is 11.6 Å². The number of rotatable bonds is 4. The van der Waals surface area contributed by atoms with Crippen LogP contribution < -0.4 is 4.90 Å². The zero-order chi connectivity index (χ0) is 19.5. The van der Waals surface area contributed by atoms with Gasteiger partial charge in [0.2, 0.25) is 5.90 Å². The SMILES string of the molecule is CN(C)c1ccc(/C=C/C2=NC(=C\c3ccc4ccccc4n3)/C(=O)O2)cc1. The van der Waals surface area contributed by atoms with Crippen molar-refractivity contribution in [3.05, 3.63) is 83.7 Å². The fourth-order valence-corrected chi connectivity index (χ4v) is 2.85. The summed E-state index contributed by atoms with van der Waals surface area (Å²) in [6.45, 7) is 0. The third-order valence-corrected chi connectivity index (χ3v) is 4.37. The normalized spacial score (nSPS) is 15.3. The lowest BCUT2D eigenvalue weighted by molar-refractivity contribution is -0.129. The summed E-state index contributed by atoms with van der Waals surface area (Å²) in [7, 11) is 3.99. The van der Waals surface area contributed by atoms with Gasteiger partial charge in [-0.15, -0.1) is 0 Å². The van der Waals surface area contributed by atoms with Crippen LogP contribution in [0.5, 0.6) is 0 Å². The van der Waals surface area contributed by atoms with Crippen LogP contribution in [0.3, 0.4) is 0 Å². The zero-order valence-corrected chi connectivity index (χ0v) is 15.7. The maximum atomic E-state index is 12.1. The van der Waals surface area contributed by atoms with Gasteiger partial charge in [0, 0.05) is 31.2 Å². The van der Waals surface area contributed by atoms with Gasteiger partial charge in [-0.1, -0.05) is 36.4 Å². The predicted molar refractivity (Wildman–Crippen MR) is 113 cm³/mol. The fourth-order valence-electron chi connectivity index (χ4n) is 2.85. The Hall–Kier alpha value is -3.73. The summed E-state index contributed by atoms with van der Waals surface area (Å²) in [5.74, 6) is -0.203. The number of carbonyl (C=O) groups is 1. The zero-order valence-electron chi connectivity index (χ0n) is 15.7. The summed E-state index contributed by atoms with van der Waals surface area (Å²) < 4.78 is 5.24. The van der Waals surface area contributed by atoms with Crippen molar-refractivity contribution in [1.82, 2.24) is 4.98 Å². The number of nitrogens with zero attached hydrogens (tertiary/aromatic N) is 3. The molecular formula is C23H19N3O2. The highest BCUT2D eigenvalue weighted by molar-refractivity contribution is 6.11. The third kappa shape index (κ3) is 3.83. The summed E-state index contributed by atoms with van der Waals surface area (Å²) in [4.78, 5) is 23.0. The second-order valence-electron chi connectivity index (χ2n) is 6.62. The number of cyclic esters (lactones) is 1. The third-order valence-electron chi connectivity index (χ3n) is 4.37. The molecule has 28 heavy (non-hydrogen) atoms. The molecule has 0 spiro atoms. The Kier molecular flexibility index (Phi) is 4.72. The van der Waals surface area contributed by atoms with Gasteiger partial charge in [0.15, 0.2) is 5.70 Å². The minimum atomic E-state index is -0.474. The first-order valence-electron chi connectivity index (χ1n) is 8.92. The van der Waals surface area contributed by atoms with Gasteiger partial charge >= 0.3 is 5.97 Å². The molecule has 4 rings (SSSR count). The number of carbonyl (C=O) groups excluding carboxylic acids is 1. The van der Waals surface area contributed by atoms with Gasteiger partial charge in [0.05, 0.1) is 11.2 Å². The van der Waals surface area contributed by atoms with Crippen molar-refractivity contribution in [2.75, 3.05) is 19.0 Å². The predicted octanol–water partition coefficient (Wildman–Crippen LogP) is 4.31. The molecule has 2 heterocycles. The molecule has 0 saturated carbocycles. The van der Waals surface area contributed by atoms with E-state index in [1.165, 1.54) is 0 Å². The van der Waals surface area contributed by atoms with Gasteiger partial charge in [-0.25, -0.2) is 14.8 Å². The van der Waals surface area contributed by atoms with E-state index in [2.05, 4.69) is 9.98 Å². The highest BCUT2D eigenvalue weighted by Crippen LogP contribution is 2.19. The molecule has 3 aromatic rings. The summed E-state index contributed by atoms with van der Waals surface area (Å²) in [5, 5.41) is 1.05. The van der Waals surface area contributed by atoms with Crippen LogP contribution >= 0.6 is 0 Å². The van der Waals surface area contributed by atoms with Crippen LogP contribution in [0.2, 0.25) is 0 Å². The van der Waals surface area contributed by atoms with Crippen molar-refractivity contribution < 1.29 is 9.53 Å². The van der Waals surface area contributed by atoms with E-state index in [1.54, 1.807) is 12.2 Å². The minimum absolute atomic E-state index is 0.241. The molecule has 0 fully saturated rings. The maximum absolute atomic E-state index is 12.1. The molecular weight excluding hydrogens is 350 g/mol. The van der Waals surface area contributed by atoms with E-state index in [4.69, 9.17) is 4.74 Å². The van der Waals surface area contributed by atoms with Gasteiger partial charge in [-0.3, -0.25) is 0 Å². The molecule has 0 radical (unpaired) electrons. The van der Waals surface area contributed by atoms with E-state index in [9.17, 15) is 4.79 Å². The molecule has 0 atom stereocenters. The first-order valence-corrected chi connectivity index (χ1v) is 8.92. The Morgan fingerprint density at radius 1 is 0.929 bits per heavy atom. The number of anilines is 1. The van der Waals surface area contributed by atoms with Crippen LogP contribution in [-0.2, 0) is 9.53 Å².